The lowest BCUT2D eigenvalue weighted by molar-refractivity contribution is -0.140. The summed E-state index contributed by atoms with van der Waals surface area (Å²) >= 11 is 0. The summed E-state index contributed by atoms with van der Waals surface area (Å²) in [6.45, 7) is 5.54. The minimum atomic E-state index is -0.182. The van der Waals surface area contributed by atoms with Gasteiger partial charge in [-0.05, 0) is 39.5 Å². The SMILES string of the molecule is Cc1noc(C2(C)CCCN(C(=O)C3CCC3)C2)n1. The third kappa shape index (κ3) is 2.26. The van der Waals surface area contributed by atoms with E-state index in [1.807, 2.05) is 11.8 Å². The molecule has 0 aromatic carbocycles. The number of carbonyl (C=O) groups excluding carboxylic acids is 1. The molecule has 0 radical (unpaired) electrons. The summed E-state index contributed by atoms with van der Waals surface area (Å²) in [5.41, 5.74) is -0.182. The molecular weight excluding hydrogens is 242 g/mol. The molecule has 2 aliphatic rings. The minimum absolute atomic E-state index is 0.182. The van der Waals surface area contributed by atoms with Crippen molar-refractivity contribution in [2.75, 3.05) is 13.1 Å². The zero-order chi connectivity index (χ0) is 13.5. The van der Waals surface area contributed by atoms with Crippen molar-refractivity contribution in [3.8, 4) is 0 Å². The second-order valence-corrected chi connectivity index (χ2v) is 6.20. The number of likely N-dealkylation sites (tertiary alicyclic amines) is 1. The second kappa shape index (κ2) is 4.62. The van der Waals surface area contributed by atoms with Crippen LogP contribution in [-0.4, -0.2) is 34.0 Å². The molecule has 1 aromatic rings. The standard InChI is InChI=1S/C14H21N3O2/c1-10-15-13(19-16-10)14(2)7-4-8-17(9-14)12(18)11-5-3-6-11/h11H,3-9H2,1-2H3. The lowest BCUT2D eigenvalue weighted by Gasteiger charge is -2.40. The van der Waals surface area contributed by atoms with Crippen LogP contribution in [-0.2, 0) is 10.2 Å². The fourth-order valence-electron chi connectivity index (χ4n) is 3.06. The number of hydrogen-bond acceptors (Lipinski definition) is 4. The Balaban J connectivity index is 1.75. The van der Waals surface area contributed by atoms with Gasteiger partial charge in [-0.3, -0.25) is 4.79 Å². The van der Waals surface area contributed by atoms with Gasteiger partial charge in [0.2, 0.25) is 11.8 Å². The molecule has 0 spiro atoms. The predicted octanol–water partition coefficient (Wildman–Crippen LogP) is 2.06. The molecule has 1 atom stereocenters. The number of amides is 1. The Morgan fingerprint density at radius 1 is 1.42 bits per heavy atom. The number of aryl methyl sites for hydroxylation is 1. The summed E-state index contributed by atoms with van der Waals surface area (Å²) in [6, 6.07) is 0. The predicted molar refractivity (Wildman–Crippen MR) is 69.5 cm³/mol. The van der Waals surface area contributed by atoms with Crippen molar-refractivity contribution in [3.05, 3.63) is 11.7 Å². The summed E-state index contributed by atoms with van der Waals surface area (Å²) in [6.07, 6.45) is 5.33. The number of carbonyl (C=O) groups is 1. The molecule has 3 rings (SSSR count). The summed E-state index contributed by atoms with van der Waals surface area (Å²) < 4.78 is 5.34. The van der Waals surface area contributed by atoms with Crippen LogP contribution in [0.1, 0.15) is 50.7 Å². The molecule has 2 fully saturated rings. The molecule has 5 heteroatoms. The van der Waals surface area contributed by atoms with Gasteiger partial charge in [-0.2, -0.15) is 4.98 Å². The molecule has 1 aromatic heterocycles. The minimum Gasteiger partial charge on any atom is -0.341 e. The Morgan fingerprint density at radius 3 is 2.79 bits per heavy atom. The van der Waals surface area contributed by atoms with E-state index < -0.39 is 0 Å². The Bertz CT molecular complexity index is 481. The van der Waals surface area contributed by atoms with E-state index in [4.69, 9.17) is 4.52 Å². The first-order valence-electron chi connectivity index (χ1n) is 7.18. The molecule has 104 valence electrons. The molecule has 1 unspecified atom stereocenters. The maximum absolute atomic E-state index is 12.4. The van der Waals surface area contributed by atoms with E-state index in [-0.39, 0.29) is 11.3 Å². The van der Waals surface area contributed by atoms with E-state index in [1.54, 1.807) is 0 Å². The van der Waals surface area contributed by atoms with Crippen molar-refractivity contribution in [2.45, 2.75) is 51.4 Å². The molecule has 1 aliphatic carbocycles. The smallest absolute Gasteiger partial charge is 0.234 e. The first kappa shape index (κ1) is 12.6. The summed E-state index contributed by atoms with van der Waals surface area (Å²) in [5.74, 6) is 1.94. The number of aromatic nitrogens is 2. The normalized spacial score (nSPS) is 28.2. The fourth-order valence-corrected chi connectivity index (χ4v) is 3.06. The van der Waals surface area contributed by atoms with Gasteiger partial charge in [0.25, 0.3) is 0 Å². The van der Waals surface area contributed by atoms with Crippen molar-refractivity contribution in [3.63, 3.8) is 0 Å². The highest BCUT2D eigenvalue weighted by Gasteiger charge is 2.41. The monoisotopic (exact) mass is 263 g/mol. The number of rotatable bonds is 2. The Morgan fingerprint density at radius 2 is 2.21 bits per heavy atom. The van der Waals surface area contributed by atoms with Crippen LogP contribution in [0.15, 0.2) is 4.52 Å². The van der Waals surface area contributed by atoms with Crippen molar-refractivity contribution in [1.29, 1.82) is 0 Å². The van der Waals surface area contributed by atoms with Crippen LogP contribution in [0.3, 0.4) is 0 Å². The first-order valence-corrected chi connectivity index (χ1v) is 7.18. The van der Waals surface area contributed by atoms with Gasteiger partial charge >= 0.3 is 0 Å². The summed E-state index contributed by atoms with van der Waals surface area (Å²) in [4.78, 5) is 18.7. The Labute approximate surface area is 113 Å². The van der Waals surface area contributed by atoms with Crippen molar-refractivity contribution in [1.82, 2.24) is 15.0 Å². The molecule has 0 bridgehead atoms. The van der Waals surface area contributed by atoms with E-state index in [9.17, 15) is 4.79 Å². The lowest BCUT2D eigenvalue weighted by atomic mass is 9.79. The first-order chi connectivity index (χ1) is 9.08. The maximum Gasteiger partial charge on any atom is 0.234 e. The van der Waals surface area contributed by atoms with Gasteiger partial charge in [0.1, 0.15) is 0 Å². The number of nitrogens with zero attached hydrogens (tertiary/aromatic N) is 3. The van der Waals surface area contributed by atoms with Crippen LogP contribution in [0.4, 0.5) is 0 Å². The molecule has 5 nitrogen and oxygen atoms in total. The maximum atomic E-state index is 12.4. The third-order valence-corrected chi connectivity index (χ3v) is 4.51. The largest absolute Gasteiger partial charge is 0.341 e. The van der Waals surface area contributed by atoms with E-state index >= 15 is 0 Å². The van der Waals surface area contributed by atoms with Gasteiger partial charge in [-0.25, -0.2) is 0 Å². The number of hydrogen-bond donors (Lipinski definition) is 0. The average molecular weight is 263 g/mol. The van der Waals surface area contributed by atoms with Crippen LogP contribution in [0.5, 0.6) is 0 Å². The molecular formula is C14H21N3O2. The molecule has 1 amide bonds. The van der Waals surface area contributed by atoms with Gasteiger partial charge < -0.3 is 9.42 Å². The van der Waals surface area contributed by atoms with Gasteiger partial charge in [0.15, 0.2) is 5.82 Å². The van der Waals surface area contributed by atoms with Crippen LogP contribution in [0, 0.1) is 12.8 Å². The topological polar surface area (TPSA) is 59.2 Å². The van der Waals surface area contributed by atoms with Crippen LogP contribution in [0.25, 0.3) is 0 Å². The van der Waals surface area contributed by atoms with Crippen molar-refractivity contribution in [2.24, 2.45) is 5.92 Å². The van der Waals surface area contributed by atoms with Gasteiger partial charge in [0, 0.05) is 19.0 Å². The zero-order valence-corrected chi connectivity index (χ0v) is 11.7. The van der Waals surface area contributed by atoms with E-state index in [2.05, 4.69) is 17.1 Å². The molecule has 1 saturated carbocycles. The van der Waals surface area contributed by atoms with E-state index in [1.165, 1.54) is 6.42 Å². The molecule has 2 heterocycles. The molecule has 1 saturated heterocycles. The van der Waals surface area contributed by atoms with Crippen LogP contribution in [0.2, 0.25) is 0 Å². The average Bonchev–Trinajstić information content (AvgIpc) is 2.74. The molecule has 1 aliphatic heterocycles. The molecule has 0 N–H and O–H groups in total. The Hall–Kier alpha value is -1.39. The Kier molecular flexibility index (Phi) is 3.07. The molecule has 19 heavy (non-hydrogen) atoms. The summed E-state index contributed by atoms with van der Waals surface area (Å²) in [7, 11) is 0. The number of piperidine rings is 1. The van der Waals surface area contributed by atoms with E-state index in [0.29, 0.717) is 24.2 Å². The van der Waals surface area contributed by atoms with Gasteiger partial charge in [-0.15, -0.1) is 0 Å². The highest BCUT2D eigenvalue weighted by atomic mass is 16.5. The third-order valence-electron chi connectivity index (χ3n) is 4.51. The fraction of sp³-hybridized carbons (Fsp3) is 0.786. The van der Waals surface area contributed by atoms with Gasteiger partial charge in [-0.1, -0.05) is 11.6 Å². The van der Waals surface area contributed by atoms with Gasteiger partial charge in [0.05, 0.1) is 5.41 Å². The highest BCUT2D eigenvalue weighted by Crippen LogP contribution is 2.35. The van der Waals surface area contributed by atoms with Crippen molar-refractivity contribution >= 4 is 5.91 Å². The second-order valence-electron chi connectivity index (χ2n) is 6.20. The van der Waals surface area contributed by atoms with Crippen LogP contribution >= 0.6 is 0 Å². The highest BCUT2D eigenvalue weighted by molar-refractivity contribution is 5.79. The quantitative estimate of drug-likeness (QED) is 0.819. The van der Waals surface area contributed by atoms with E-state index in [0.717, 1.165) is 32.2 Å². The zero-order valence-electron chi connectivity index (χ0n) is 11.7. The van der Waals surface area contributed by atoms with Crippen LogP contribution < -0.4 is 0 Å². The summed E-state index contributed by atoms with van der Waals surface area (Å²) in [5, 5.41) is 3.88. The lowest BCUT2D eigenvalue weighted by Crippen LogP contribution is -2.50. The van der Waals surface area contributed by atoms with Crippen molar-refractivity contribution < 1.29 is 9.32 Å².